The maximum atomic E-state index is 5.43. The Hall–Kier alpha value is -0.650. The molecule has 0 amide bonds. The summed E-state index contributed by atoms with van der Waals surface area (Å²) in [6.07, 6.45) is 2.21. The summed E-state index contributed by atoms with van der Waals surface area (Å²) in [4.78, 5) is 6.96. The molecule has 0 unspecified atom stereocenters. The first-order valence-corrected chi connectivity index (χ1v) is 6.65. The molecule has 2 fully saturated rings. The number of thiazole rings is 1. The average Bonchev–Trinajstić information content (AvgIpc) is 2.81. The number of rotatable bonds is 2. The van der Waals surface area contributed by atoms with Gasteiger partial charge >= 0.3 is 0 Å². The second-order valence-corrected chi connectivity index (χ2v) is 5.25. The van der Waals surface area contributed by atoms with Gasteiger partial charge in [-0.2, -0.15) is 0 Å². The van der Waals surface area contributed by atoms with Crippen LogP contribution >= 0.6 is 11.3 Å². The van der Waals surface area contributed by atoms with E-state index in [2.05, 4.69) is 16.8 Å². The lowest BCUT2D eigenvalue weighted by Gasteiger charge is -2.32. The number of ether oxygens (including phenoxy) is 2. The Morgan fingerprint density at radius 2 is 2.25 bits per heavy atom. The highest BCUT2D eigenvalue weighted by atomic mass is 32.1. The molecule has 0 aliphatic carbocycles. The Balaban J connectivity index is 1.72. The molecule has 16 heavy (non-hydrogen) atoms. The fourth-order valence-corrected chi connectivity index (χ4v) is 3.19. The van der Waals surface area contributed by atoms with Gasteiger partial charge in [-0.15, -0.1) is 11.3 Å². The molecule has 0 radical (unpaired) electrons. The molecule has 2 aliphatic heterocycles. The Labute approximate surface area is 99.2 Å². The minimum Gasteiger partial charge on any atom is -0.345 e. The molecular formula is C11H16N2O2S. The van der Waals surface area contributed by atoms with Crippen LogP contribution in [0.15, 0.2) is 5.38 Å². The van der Waals surface area contributed by atoms with Gasteiger partial charge in [0.1, 0.15) is 5.69 Å². The van der Waals surface area contributed by atoms with Gasteiger partial charge in [-0.3, -0.25) is 0 Å². The molecule has 4 nitrogen and oxygen atoms in total. The van der Waals surface area contributed by atoms with E-state index in [9.17, 15) is 0 Å². The predicted molar refractivity (Wildman–Crippen MR) is 62.5 cm³/mol. The predicted octanol–water partition coefficient (Wildman–Crippen LogP) is 2.52. The maximum Gasteiger partial charge on any atom is 0.207 e. The summed E-state index contributed by atoms with van der Waals surface area (Å²) in [5, 5.41) is 3.14. The summed E-state index contributed by atoms with van der Waals surface area (Å²) in [5.74, 6) is 0. The first-order valence-electron chi connectivity index (χ1n) is 5.77. The summed E-state index contributed by atoms with van der Waals surface area (Å²) in [5.41, 5.74) is 0.914. The van der Waals surface area contributed by atoms with E-state index in [1.807, 2.05) is 12.3 Å². The second-order valence-electron chi connectivity index (χ2n) is 4.41. The average molecular weight is 240 g/mol. The molecule has 5 heteroatoms. The molecule has 2 aliphatic rings. The summed E-state index contributed by atoms with van der Waals surface area (Å²) < 4.78 is 10.9. The Morgan fingerprint density at radius 1 is 1.44 bits per heavy atom. The minimum absolute atomic E-state index is 0.0825. The van der Waals surface area contributed by atoms with Gasteiger partial charge in [0.2, 0.25) is 6.29 Å². The van der Waals surface area contributed by atoms with E-state index in [0.29, 0.717) is 6.04 Å². The smallest absolute Gasteiger partial charge is 0.207 e. The van der Waals surface area contributed by atoms with Crippen molar-refractivity contribution in [1.82, 2.24) is 4.98 Å². The number of hydrogen-bond donors (Lipinski definition) is 0. The molecular weight excluding hydrogens is 224 g/mol. The van der Waals surface area contributed by atoms with Crippen LogP contribution < -0.4 is 4.90 Å². The van der Waals surface area contributed by atoms with E-state index in [-0.39, 0.29) is 12.6 Å². The lowest BCUT2D eigenvalue weighted by Crippen LogP contribution is -2.32. The third kappa shape index (κ3) is 1.73. The van der Waals surface area contributed by atoms with Gasteiger partial charge < -0.3 is 14.4 Å². The first-order chi connectivity index (χ1) is 7.74. The van der Waals surface area contributed by atoms with Crippen molar-refractivity contribution in [3.8, 4) is 0 Å². The highest BCUT2D eigenvalue weighted by Crippen LogP contribution is 2.35. The number of aromatic nitrogens is 1. The number of nitrogens with zero attached hydrogens (tertiary/aromatic N) is 2. The third-order valence-corrected chi connectivity index (χ3v) is 4.08. The van der Waals surface area contributed by atoms with Gasteiger partial charge in [-0.1, -0.05) is 0 Å². The van der Waals surface area contributed by atoms with E-state index in [0.717, 1.165) is 17.4 Å². The lowest BCUT2D eigenvalue weighted by molar-refractivity contribution is -0.383. The van der Waals surface area contributed by atoms with E-state index in [1.165, 1.54) is 12.8 Å². The monoisotopic (exact) mass is 240 g/mol. The van der Waals surface area contributed by atoms with Crippen LogP contribution in [-0.4, -0.2) is 23.9 Å². The summed E-state index contributed by atoms with van der Waals surface area (Å²) in [6, 6.07) is 0.612. The van der Waals surface area contributed by atoms with Crippen LogP contribution in [-0.2, 0) is 9.47 Å². The third-order valence-electron chi connectivity index (χ3n) is 3.18. The first kappa shape index (κ1) is 10.5. The zero-order valence-electron chi connectivity index (χ0n) is 9.55. The Bertz CT molecular complexity index is 376. The largest absolute Gasteiger partial charge is 0.345 e. The summed E-state index contributed by atoms with van der Waals surface area (Å²) in [6.45, 7) is 5.27. The van der Waals surface area contributed by atoms with Crippen molar-refractivity contribution in [1.29, 1.82) is 0 Å². The van der Waals surface area contributed by atoms with Gasteiger partial charge in [-0.05, 0) is 26.7 Å². The van der Waals surface area contributed by atoms with Gasteiger partial charge in [0, 0.05) is 18.0 Å². The molecule has 0 aromatic carbocycles. The van der Waals surface area contributed by atoms with Crippen molar-refractivity contribution in [3.63, 3.8) is 0 Å². The molecule has 3 rings (SSSR count). The van der Waals surface area contributed by atoms with Crippen LogP contribution in [0.3, 0.4) is 0 Å². The quantitative estimate of drug-likeness (QED) is 0.795. The van der Waals surface area contributed by atoms with Crippen molar-refractivity contribution in [3.05, 3.63) is 11.1 Å². The molecule has 1 aromatic rings. The van der Waals surface area contributed by atoms with E-state index >= 15 is 0 Å². The van der Waals surface area contributed by atoms with Crippen LogP contribution in [0.2, 0.25) is 0 Å². The Kier molecular flexibility index (Phi) is 2.61. The topological polar surface area (TPSA) is 34.6 Å². The highest BCUT2D eigenvalue weighted by Gasteiger charge is 2.32. The van der Waals surface area contributed by atoms with Crippen LogP contribution in [0, 0.1) is 0 Å². The highest BCUT2D eigenvalue weighted by molar-refractivity contribution is 7.13. The summed E-state index contributed by atoms with van der Waals surface area (Å²) >= 11 is 1.68. The molecule has 2 saturated heterocycles. The molecule has 1 atom stereocenters. The van der Waals surface area contributed by atoms with Gasteiger partial charge in [0.15, 0.2) is 11.4 Å². The minimum atomic E-state index is -0.238. The van der Waals surface area contributed by atoms with E-state index in [4.69, 9.17) is 9.47 Å². The number of hydrogen-bond acceptors (Lipinski definition) is 5. The summed E-state index contributed by atoms with van der Waals surface area (Å²) in [7, 11) is 0. The SMILES string of the molecule is CC1OC(c2csc(N3CCC[C@@H]3C)n2)O1. The van der Waals surface area contributed by atoms with Crippen LogP contribution in [0.25, 0.3) is 0 Å². The molecule has 0 N–H and O–H groups in total. The van der Waals surface area contributed by atoms with Crippen LogP contribution in [0.1, 0.15) is 38.7 Å². The van der Waals surface area contributed by atoms with Crippen molar-refractivity contribution < 1.29 is 9.47 Å². The lowest BCUT2D eigenvalue weighted by atomic mass is 10.2. The fourth-order valence-electron chi connectivity index (χ4n) is 2.23. The van der Waals surface area contributed by atoms with Crippen molar-refractivity contribution >= 4 is 16.5 Å². The van der Waals surface area contributed by atoms with Gasteiger partial charge in [0.25, 0.3) is 0 Å². The van der Waals surface area contributed by atoms with Crippen molar-refractivity contribution in [2.24, 2.45) is 0 Å². The second kappa shape index (κ2) is 3.98. The van der Waals surface area contributed by atoms with Crippen LogP contribution in [0.4, 0.5) is 5.13 Å². The normalized spacial score (nSPS) is 34.1. The zero-order chi connectivity index (χ0) is 11.1. The molecule has 1 aromatic heterocycles. The molecule has 88 valence electrons. The van der Waals surface area contributed by atoms with E-state index < -0.39 is 0 Å². The number of anilines is 1. The molecule has 3 heterocycles. The molecule has 0 spiro atoms. The van der Waals surface area contributed by atoms with Gasteiger partial charge in [-0.25, -0.2) is 4.98 Å². The maximum absolute atomic E-state index is 5.43. The van der Waals surface area contributed by atoms with E-state index in [1.54, 1.807) is 11.3 Å². The molecule has 0 bridgehead atoms. The van der Waals surface area contributed by atoms with Crippen LogP contribution in [0.5, 0.6) is 0 Å². The fraction of sp³-hybridized carbons (Fsp3) is 0.727. The zero-order valence-corrected chi connectivity index (χ0v) is 10.4. The van der Waals surface area contributed by atoms with Gasteiger partial charge in [0.05, 0.1) is 0 Å². The standard InChI is InChI=1S/C11H16N2O2S/c1-7-4-3-5-13(7)11-12-9(6-16-11)10-14-8(2)15-10/h6-8,10H,3-5H2,1-2H3/t7-,8?,10?/m0/s1. The van der Waals surface area contributed by atoms with Crippen molar-refractivity contribution in [2.75, 3.05) is 11.4 Å². The van der Waals surface area contributed by atoms with Crippen molar-refractivity contribution in [2.45, 2.75) is 45.3 Å². The molecule has 0 saturated carbocycles. The Morgan fingerprint density at radius 3 is 2.88 bits per heavy atom.